The van der Waals surface area contributed by atoms with Gasteiger partial charge in [-0.1, -0.05) is 78.7 Å². The van der Waals surface area contributed by atoms with Crippen LogP contribution >= 0.6 is 23.2 Å². The number of rotatable bonds is 8. The lowest BCUT2D eigenvalue weighted by atomic mass is 10.0. The van der Waals surface area contributed by atoms with Crippen molar-refractivity contribution >= 4 is 45.5 Å². The van der Waals surface area contributed by atoms with Crippen LogP contribution in [0.25, 0.3) is 10.9 Å². The van der Waals surface area contributed by atoms with E-state index in [0.717, 1.165) is 28.6 Å². The van der Waals surface area contributed by atoms with E-state index in [1.807, 2.05) is 54.6 Å². The minimum Gasteiger partial charge on any atom is -0.377 e. The SMILES string of the molecule is CC[C@@H](Nc1c(C#N)cnc2c(Cl)cc(N[C@H](c3cn[nH]n3)c3ccccc3Cl)cc12)c1ccccc1. The summed E-state index contributed by atoms with van der Waals surface area (Å²) in [6.45, 7) is 2.10. The van der Waals surface area contributed by atoms with Crippen molar-refractivity contribution in [1.82, 2.24) is 20.4 Å². The summed E-state index contributed by atoms with van der Waals surface area (Å²) in [6, 6.07) is 23.3. The first-order valence-electron chi connectivity index (χ1n) is 11.8. The number of fused-ring (bicyclic) bond motifs is 1. The van der Waals surface area contributed by atoms with E-state index in [1.54, 1.807) is 12.4 Å². The number of nitriles is 1. The Bertz CT molecular complexity index is 1560. The van der Waals surface area contributed by atoms with Gasteiger partial charge < -0.3 is 10.6 Å². The molecular weight excluding hydrogens is 505 g/mol. The summed E-state index contributed by atoms with van der Waals surface area (Å²) >= 11 is 13.3. The zero-order chi connectivity index (χ0) is 25.8. The Kier molecular flexibility index (Phi) is 7.22. The second-order valence-corrected chi connectivity index (χ2v) is 9.34. The number of nitrogens with one attached hydrogen (secondary N) is 3. The number of pyridine rings is 1. The average Bonchev–Trinajstić information content (AvgIpc) is 3.46. The topological polar surface area (TPSA) is 102 Å². The van der Waals surface area contributed by atoms with E-state index in [-0.39, 0.29) is 6.04 Å². The molecule has 0 aliphatic heterocycles. The lowest BCUT2D eigenvalue weighted by Gasteiger charge is -2.23. The van der Waals surface area contributed by atoms with Crippen LogP contribution in [0.5, 0.6) is 0 Å². The van der Waals surface area contributed by atoms with E-state index in [2.05, 4.69) is 56.2 Å². The summed E-state index contributed by atoms with van der Waals surface area (Å²) in [5.41, 5.74) is 5.08. The molecule has 2 aromatic heterocycles. The predicted molar refractivity (Wildman–Crippen MR) is 148 cm³/mol. The number of hydrogen-bond donors (Lipinski definition) is 3. The summed E-state index contributed by atoms with van der Waals surface area (Å²) in [7, 11) is 0. The zero-order valence-corrected chi connectivity index (χ0v) is 21.4. The first-order chi connectivity index (χ1) is 18.1. The highest BCUT2D eigenvalue weighted by atomic mass is 35.5. The minimum atomic E-state index is -0.391. The van der Waals surface area contributed by atoms with Crippen LogP contribution in [0.1, 0.15) is 47.8 Å². The third-order valence-electron chi connectivity index (χ3n) is 6.23. The van der Waals surface area contributed by atoms with Gasteiger partial charge in [-0.3, -0.25) is 4.98 Å². The third kappa shape index (κ3) is 5.08. The van der Waals surface area contributed by atoms with Crippen molar-refractivity contribution in [3.8, 4) is 6.07 Å². The van der Waals surface area contributed by atoms with Crippen molar-refractivity contribution in [3.05, 3.63) is 112 Å². The molecule has 0 bridgehead atoms. The van der Waals surface area contributed by atoms with E-state index in [1.165, 1.54) is 0 Å². The van der Waals surface area contributed by atoms with Gasteiger partial charge in [0.25, 0.3) is 0 Å². The van der Waals surface area contributed by atoms with Crippen molar-refractivity contribution < 1.29 is 0 Å². The summed E-state index contributed by atoms with van der Waals surface area (Å²) < 4.78 is 0. The van der Waals surface area contributed by atoms with Gasteiger partial charge >= 0.3 is 0 Å². The van der Waals surface area contributed by atoms with Crippen LogP contribution in [-0.2, 0) is 0 Å². The van der Waals surface area contributed by atoms with Gasteiger partial charge in [0, 0.05) is 22.3 Å². The maximum Gasteiger partial charge on any atom is 0.109 e. The molecule has 0 aliphatic carbocycles. The smallest absolute Gasteiger partial charge is 0.109 e. The first kappa shape index (κ1) is 24.6. The maximum absolute atomic E-state index is 9.91. The van der Waals surface area contributed by atoms with Crippen LogP contribution in [0.2, 0.25) is 10.0 Å². The molecule has 3 aromatic carbocycles. The van der Waals surface area contributed by atoms with E-state index in [0.29, 0.717) is 32.5 Å². The fraction of sp³-hybridized carbons (Fsp3) is 0.143. The normalized spacial score (nSPS) is 12.6. The van der Waals surface area contributed by atoms with Gasteiger partial charge in [0.15, 0.2) is 0 Å². The third-order valence-corrected chi connectivity index (χ3v) is 6.86. The summed E-state index contributed by atoms with van der Waals surface area (Å²) in [4.78, 5) is 4.49. The molecule has 0 fully saturated rings. The highest BCUT2D eigenvalue weighted by Crippen LogP contribution is 2.38. The molecule has 0 spiro atoms. The zero-order valence-electron chi connectivity index (χ0n) is 19.9. The Morgan fingerprint density at radius 3 is 2.46 bits per heavy atom. The lowest BCUT2D eigenvalue weighted by Crippen LogP contribution is -2.14. The molecular formula is C28H23Cl2N7. The van der Waals surface area contributed by atoms with E-state index < -0.39 is 6.04 Å². The molecule has 5 aromatic rings. The van der Waals surface area contributed by atoms with Crippen LogP contribution in [-0.4, -0.2) is 20.4 Å². The van der Waals surface area contributed by atoms with E-state index >= 15 is 0 Å². The minimum absolute atomic E-state index is 0.000273. The molecule has 3 N–H and O–H groups in total. The number of benzene rings is 3. The van der Waals surface area contributed by atoms with Gasteiger partial charge in [-0.25, -0.2) is 0 Å². The molecule has 0 radical (unpaired) electrons. The van der Waals surface area contributed by atoms with Crippen molar-refractivity contribution in [2.24, 2.45) is 0 Å². The fourth-order valence-electron chi connectivity index (χ4n) is 4.40. The van der Waals surface area contributed by atoms with Crippen LogP contribution < -0.4 is 10.6 Å². The number of anilines is 2. The number of nitrogens with zero attached hydrogens (tertiary/aromatic N) is 4. The van der Waals surface area contributed by atoms with Crippen LogP contribution in [0, 0.1) is 11.3 Å². The Labute approximate surface area is 224 Å². The Morgan fingerprint density at radius 2 is 1.76 bits per heavy atom. The van der Waals surface area contributed by atoms with Gasteiger partial charge in [0.1, 0.15) is 11.8 Å². The number of aromatic nitrogens is 4. The molecule has 9 heteroatoms. The monoisotopic (exact) mass is 527 g/mol. The second-order valence-electron chi connectivity index (χ2n) is 8.52. The Hall–Kier alpha value is -4.12. The summed E-state index contributed by atoms with van der Waals surface area (Å²) in [5, 5.41) is 29.7. The number of hydrogen-bond acceptors (Lipinski definition) is 6. The van der Waals surface area contributed by atoms with Gasteiger partial charge in [-0.05, 0) is 35.7 Å². The van der Waals surface area contributed by atoms with Gasteiger partial charge in [0.05, 0.1) is 40.1 Å². The highest BCUT2D eigenvalue weighted by molar-refractivity contribution is 6.36. The molecule has 0 saturated heterocycles. The standard InChI is InChI=1S/C28H23Cl2N7/c1-2-24(17-8-4-3-5-9-17)35-26-18(14-31)15-32-27-21(26)12-19(13-23(27)30)34-28(25-16-33-37-36-25)20-10-6-7-11-22(20)29/h3-13,15-16,24,28,34H,2H2,1H3,(H,32,35)(H,33,36,37)/t24-,28+/m1/s1. The van der Waals surface area contributed by atoms with Crippen LogP contribution in [0.4, 0.5) is 11.4 Å². The predicted octanol–water partition coefficient (Wildman–Crippen LogP) is 7.30. The van der Waals surface area contributed by atoms with Gasteiger partial charge in [-0.15, -0.1) is 0 Å². The Morgan fingerprint density at radius 1 is 0.973 bits per heavy atom. The van der Waals surface area contributed by atoms with Crippen molar-refractivity contribution in [2.75, 3.05) is 10.6 Å². The number of halogens is 2. The molecule has 5 rings (SSSR count). The van der Waals surface area contributed by atoms with Crippen molar-refractivity contribution in [3.63, 3.8) is 0 Å². The summed E-state index contributed by atoms with van der Waals surface area (Å²) in [6.07, 6.45) is 4.03. The van der Waals surface area contributed by atoms with Gasteiger partial charge in [-0.2, -0.15) is 20.7 Å². The molecule has 0 saturated carbocycles. The quantitative estimate of drug-likeness (QED) is 0.195. The first-order valence-corrected chi connectivity index (χ1v) is 12.5. The molecule has 2 atom stereocenters. The van der Waals surface area contributed by atoms with E-state index in [4.69, 9.17) is 23.2 Å². The van der Waals surface area contributed by atoms with Crippen LogP contribution in [0.15, 0.2) is 79.1 Å². The molecule has 184 valence electrons. The lowest BCUT2D eigenvalue weighted by molar-refractivity contribution is 0.750. The van der Waals surface area contributed by atoms with Gasteiger partial charge in [0.2, 0.25) is 0 Å². The molecule has 0 amide bonds. The maximum atomic E-state index is 9.91. The van der Waals surface area contributed by atoms with Crippen LogP contribution in [0.3, 0.4) is 0 Å². The molecule has 7 nitrogen and oxygen atoms in total. The number of aromatic amines is 1. The Balaban J connectivity index is 1.61. The number of H-pyrrole nitrogens is 1. The van der Waals surface area contributed by atoms with Crippen molar-refractivity contribution in [2.45, 2.75) is 25.4 Å². The summed E-state index contributed by atoms with van der Waals surface area (Å²) in [5.74, 6) is 0. The fourth-order valence-corrected chi connectivity index (χ4v) is 4.91. The molecule has 37 heavy (non-hydrogen) atoms. The molecule has 0 unspecified atom stereocenters. The highest BCUT2D eigenvalue weighted by Gasteiger charge is 2.22. The molecule has 2 heterocycles. The second kappa shape index (κ2) is 10.9. The van der Waals surface area contributed by atoms with E-state index in [9.17, 15) is 5.26 Å². The largest absolute Gasteiger partial charge is 0.377 e. The van der Waals surface area contributed by atoms with Crippen molar-refractivity contribution in [1.29, 1.82) is 5.26 Å². The average molecular weight is 528 g/mol. The molecule has 0 aliphatic rings.